The number of rotatable bonds is 7. The summed E-state index contributed by atoms with van der Waals surface area (Å²) < 4.78 is 6.10. The van der Waals surface area contributed by atoms with Gasteiger partial charge in [-0.25, -0.2) is 0 Å². The van der Waals surface area contributed by atoms with Crippen molar-refractivity contribution in [2.75, 3.05) is 24.6 Å². The van der Waals surface area contributed by atoms with Gasteiger partial charge in [-0.1, -0.05) is 27.7 Å². The summed E-state index contributed by atoms with van der Waals surface area (Å²) in [5.41, 5.74) is 4.99. The van der Waals surface area contributed by atoms with Crippen LogP contribution in [0.3, 0.4) is 0 Å². The van der Waals surface area contributed by atoms with Crippen molar-refractivity contribution in [1.29, 1.82) is 0 Å². The van der Waals surface area contributed by atoms with Gasteiger partial charge >= 0.3 is 5.97 Å². The van der Waals surface area contributed by atoms with Crippen molar-refractivity contribution in [3.63, 3.8) is 0 Å². The minimum atomic E-state index is -0.839. The molecule has 1 aliphatic carbocycles. The van der Waals surface area contributed by atoms with Crippen LogP contribution in [0, 0.1) is 23.7 Å². The Morgan fingerprint density at radius 3 is 2.29 bits per heavy atom. The molecule has 2 aromatic rings. The van der Waals surface area contributed by atoms with Crippen LogP contribution in [-0.4, -0.2) is 40.7 Å². The highest BCUT2D eigenvalue weighted by atomic mass is 16.5. The molecule has 2 aromatic heterocycles. The van der Waals surface area contributed by atoms with E-state index in [2.05, 4.69) is 37.6 Å². The van der Waals surface area contributed by atoms with Crippen LogP contribution in [0.1, 0.15) is 77.5 Å². The molecule has 0 aromatic carbocycles. The van der Waals surface area contributed by atoms with Crippen LogP contribution in [0.2, 0.25) is 0 Å². The van der Waals surface area contributed by atoms with Gasteiger partial charge in [0.15, 0.2) is 0 Å². The summed E-state index contributed by atoms with van der Waals surface area (Å²) >= 11 is 0. The molecule has 0 radical (unpaired) electrons. The molecule has 0 unspecified atom stereocenters. The first-order chi connectivity index (χ1) is 16.5. The molecule has 0 spiro atoms. The van der Waals surface area contributed by atoms with Crippen LogP contribution in [0.5, 0.6) is 5.75 Å². The van der Waals surface area contributed by atoms with Crippen molar-refractivity contribution in [2.24, 2.45) is 16.7 Å². The maximum Gasteiger partial charge on any atom is 0.307 e. The van der Waals surface area contributed by atoms with Crippen molar-refractivity contribution in [3.8, 4) is 17.0 Å². The van der Waals surface area contributed by atoms with E-state index >= 15 is 0 Å². The van der Waals surface area contributed by atoms with Gasteiger partial charge in [0, 0.05) is 36.1 Å². The monoisotopic (exact) mass is 479 g/mol. The lowest BCUT2D eigenvalue weighted by atomic mass is 9.73. The van der Waals surface area contributed by atoms with Crippen LogP contribution in [0.4, 0.5) is 5.69 Å². The van der Waals surface area contributed by atoms with Gasteiger partial charge in [0.2, 0.25) is 0 Å². The van der Waals surface area contributed by atoms with Crippen molar-refractivity contribution in [2.45, 2.75) is 79.6 Å². The lowest BCUT2D eigenvalue weighted by molar-refractivity contribution is -0.136. The Morgan fingerprint density at radius 1 is 1.03 bits per heavy atom. The van der Waals surface area contributed by atoms with Crippen LogP contribution < -0.4 is 9.64 Å². The molecule has 2 aliphatic rings. The fourth-order valence-corrected chi connectivity index (χ4v) is 5.35. The van der Waals surface area contributed by atoms with E-state index < -0.39 is 5.97 Å². The molecule has 0 atom stereocenters. The Balaban J connectivity index is 1.55. The molecule has 1 saturated carbocycles. The molecule has 1 saturated heterocycles. The number of carboxylic acids is 1. The normalized spacial score (nSPS) is 20.0. The second-order valence-corrected chi connectivity index (χ2v) is 12.1. The Morgan fingerprint density at radius 2 is 1.69 bits per heavy atom. The standard InChI is InChI=1S/C29H41N3O3/c1-20-23(16-26(33)34)27(32-14-12-29(4,5)13-15-32)24(18-30-20)25-7-6-22(17-31-25)35-19-21-8-10-28(2,3)11-9-21/h6-7,17-18,21H,8-16,19H2,1-5H3,(H,33,34). The van der Waals surface area contributed by atoms with E-state index in [0.29, 0.717) is 16.7 Å². The molecular formula is C29H41N3O3. The van der Waals surface area contributed by atoms with E-state index in [1.807, 2.05) is 25.3 Å². The fraction of sp³-hybridized carbons (Fsp3) is 0.621. The van der Waals surface area contributed by atoms with Gasteiger partial charge in [-0.05, 0) is 74.3 Å². The van der Waals surface area contributed by atoms with E-state index in [9.17, 15) is 9.90 Å². The van der Waals surface area contributed by atoms with E-state index in [0.717, 1.165) is 66.5 Å². The van der Waals surface area contributed by atoms with E-state index in [-0.39, 0.29) is 6.42 Å². The Labute approximate surface area is 210 Å². The number of nitrogens with zero attached hydrogens (tertiary/aromatic N) is 3. The van der Waals surface area contributed by atoms with Crippen molar-refractivity contribution in [1.82, 2.24) is 9.97 Å². The van der Waals surface area contributed by atoms with Crippen LogP contribution in [0.25, 0.3) is 11.3 Å². The highest BCUT2D eigenvalue weighted by molar-refractivity contribution is 5.83. The Hall–Kier alpha value is -2.63. The third-order valence-electron chi connectivity index (χ3n) is 8.08. The van der Waals surface area contributed by atoms with E-state index in [1.54, 1.807) is 6.20 Å². The number of hydrogen-bond acceptors (Lipinski definition) is 5. The topological polar surface area (TPSA) is 75.6 Å². The summed E-state index contributed by atoms with van der Waals surface area (Å²) in [6.45, 7) is 13.7. The second kappa shape index (κ2) is 10.2. The van der Waals surface area contributed by atoms with E-state index in [1.165, 1.54) is 25.7 Å². The van der Waals surface area contributed by atoms with E-state index in [4.69, 9.17) is 9.72 Å². The maximum atomic E-state index is 11.7. The van der Waals surface area contributed by atoms with Crippen molar-refractivity contribution >= 4 is 11.7 Å². The lowest BCUT2D eigenvalue weighted by Crippen LogP contribution is -2.38. The third-order valence-corrected chi connectivity index (χ3v) is 8.08. The van der Waals surface area contributed by atoms with Crippen LogP contribution in [0.15, 0.2) is 24.5 Å². The summed E-state index contributed by atoms with van der Waals surface area (Å²) in [6, 6.07) is 3.96. The van der Waals surface area contributed by atoms with Gasteiger partial charge in [-0.2, -0.15) is 0 Å². The van der Waals surface area contributed by atoms with Gasteiger partial charge in [-0.15, -0.1) is 0 Å². The third kappa shape index (κ3) is 6.33. The number of aryl methyl sites for hydroxylation is 1. The first-order valence-electron chi connectivity index (χ1n) is 13.1. The zero-order chi connectivity index (χ0) is 25.2. The number of piperidine rings is 1. The number of aromatic nitrogens is 2. The summed E-state index contributed by atoms with van der Waals surface area (Å²) in [7, 11) is 0. The predicted molar refractivity (Wildman–Crippen MR) is 140 cm³/mol. The molecule has 190 valence electrons. The minimum absolute atomic E-state index is 0.0404. The number of aliphatic carboxylic acids is 1. The smallest absolute Gasteiger partial charge is 0.307 e. The number of carboxylic acid groups (broad SMARTS) is 1. The number of pyridine rings is 2. The quantitative estimate of drug-likeness (QED) is 0.502. The van der Waals surface area contributed by atoms with Crippen molar-refractivity contribution in [3.05, 3.63) is 35.8 Å². The Bertz CT molecular complexity index is 1030. The van der Waals surface area contributed by atoms with Crippen LogP contribution >= 0.6 is 0 Å². The molecule has 1 N–H and O–H groups in total. The van der Waals surface area contributed by atoms with Crippen molar-refractivity contribution < 1.29 is 14.6 Å². The second-order valence-electron chi connectivity index (χ2n) is 12.1. The molecule has 3 heterocycles. The number of anilines is 1. The molecule has 2 fully saturated rings. The maximum absolute atomic E-state index is 11.7. The number of ether oxygens (including phenoxy) is 1. The van der Waals surface area contributed by atoms with Gasteiger partial charge in [0.25, 0.3) is 0 Å². The highest BCUT2D eigenvalue weighted by Crippen LogP contribution is 2.40. The first kappa shape index (κ1) is 25.5. The lowest BCUT2D eigenvalue weighted by Gasteiger charge is -2.40. The summed E-state index contributed by atoms with van der Waals surface area (Å²) in [5.74, 6) is 0.552. The molecule has 0 bridgehead atoms. The van der Waals surface area contributed by atoms with Gasteiger partial charge in [-0.3, -0.25) is 14.8 Å². The van der Waals surface area contributed by atoms with Crippen LogP contribution in [-0.2, 0) is 11.2 Å². The summed E-state index contributed by atoms with van der Waals surface area (Å²) in [6.07, 6.45) is 10.7. The average Bonchev–Trinajstić information content (AvgIpc) is 2.80. The van der Waals surface area contributed by atoms with Gasteiger partial charge in [0.1, 0.15) is 5.75 Å². The number of carbonyl (C=O) groups is 1. The molecule has 6 heteroatoms. The zero-order valence-corrected chi connectivity index (χ0v) is 22.1. The Kier molecular flexibility index (Phi) is 7.39. The first-order valence-corrected chi connectivity index (χ1v) is 13.1. The summed E-state index contributed by atoms with van der Waals surface area (Å²) in [5, 5.41) is 9.61. The predicted octanol–water partition coefficient (Wildman–Crippen LogP) is 6.30. The fourth-order valence-electron chi connectivity index (χ4n) is 5.35. The molecule has 35 heavy (non-hydrogen) atoms. The van der Waals surface area contributed by atoms with Gasteiger partial charge in [0.05, 0.1) is 30.6 Å². The molecular weight excluding hydrogens is 438 g/mol. The molecule has 0 amide bonds. The largest absolute Gasteiger partial charge is 0.492 e. The molecule has 1 aliphatic heterocycles. The van der Waals surface area contributed by atoms with Gasteiger partial charge < -0.3 is 14.7 Å². The summed E-state index contributed by atoms with van der Waals surface area (Å²) in [4.78, 5) is 23.3. The zero-order valence-electron chi connectivity index (χ0n) is 22.1. The minimum Gasteiger partial charge on any atom is -0.492 e. The molecule has 4 rings (SSSR count). The average molecular weight is 480 g/mol. The molecule has 6 nitrogen and oxygen atoms in total. The SMILES string of the molecule is Cc1ncc(-c2ccc(OCC3CCC(C)(C)CC3)cn2)c(N2CCC(C)(C)CC2)c1CC(=O)O. The number of hydrogen-bond donors (Lipinski definition) is 1. The highest BCUT2D eigenvalue weighted by Gasteiger charge is 2.30.